The van der Waals surface area contributed by atoms with Gasteiger partial charge in [-0.2, -0.15) is 0 Å². The molecular formula is C14H27NO. The molecule has 2 nitrogen and oxygen atoms in total. The van der Waals surface area contributed by atoms with E-state index >= 15 is 0 Å². The third-order valence-electron chi connectivity index (χ3n) is 4.18. The first-order valence-corrected chi connectivity index (χ1v) is 7.26. The Morgan fingerprint density at radius 1 is 0.875 bits per heavy atom. The van der Waals surface area contributed by atoms with Gasteiger partial charge in [-0.3, -0.25) is 0 Å². The van der Waals surface area contributed by atoms with E-state index in [1.54, 1.807) is 0 Å². The molecule has 0 atom stereocenters. The monoisotopic (exact) mass is 225 g/mol. The van der Waals surface area contributed by atoms with Crippen molar-refractivity contribution < 1.29 is 4.74 Å². The van der Waals surface area contributed by atoms with Crippen molar-refractivity contribution in [3.63, 3.8) is 0 Å². The fraction of sp³-hybridized carbons (Fsp3) is 1.00. The van der Waals surface area contributed by atoms with Gasteiger partial charge < -0.3 is 10.1 Å². The lowest BCUT2D eigenvalue weighted by Gasteiger charge is -2.25. The van der Waals surface area contributed by atoms with E-state index < -0.39 is 0 Å². The first-order chi connectivity index (χ1) is 7.95. The SMILES string of the molecule is C1CCC(NCCOCCC2CCC2)CC1. The van der Waals surface area contributed by atoms with Gasteiger partial charge in [-0.25, -0.2) is 0 Å². The van der Waals surface area contributed by atoms with Gasteiger partial charge in [0.1, 0.15) is 0 Å². The Morgan fingerprint density at radius 3 is 2.38 bits per heavy atom. The second-order valence-electron chi connectivity index (χ2n) is 5.49. The highest BCUT2D eigenvalue weighted by Gasteiger charge is 2.16. The maximum atomic E-state index is 5.67. The Bertz CT molecular complexity index is 174. The number of hydrogen-bond acceptors (Lipinski definition) is 2. The molecule has 0 heterocycles. The molecular weight excluding hydrogens is 198 g/mol. The molecule has 0 aromatic rings. The van der Waals surface area contributed by atoms with E-state index in [2.05, 4.69) is 5.32 Å². The zero-order valence-corrected chi connectivity index (χ0v) is 10.5. The Hall–Kier alpha value is -0.0800. The van der Waals surface area contributed by atoms with Crippen LogP contribution >= 0.6 is 0 Å². The minimum atomic E-state index is 0.781. The Kier molecular flexibility index (Phi) is 5.64. The summed E-state index contributed by atoms with van der Waals surface area (Å²) in [5.74, 6) is 0.992. The lowest BCUT2D eigenvalue weighted by molar-refractivity contribution is 0.105. The van der Waals surface area contributed by atoms with Crippen LogP contribution in [0, 0.1) is 5.92 Å². The highest BCUT2D eigenvalue weighted by molar-refractivity contribution is 4.71. The second-order valence-corrected chi connectivity index (χ2v) is 5.49. The molecule has 2 rings (SSSR count). The summed E-state index contributed by atoms with van der Waals surface area (Å²) >= 11 is 0. The molecule has 0 spiro atoms. The van der Waals surface area contributed by atoms with Gasteiger partial charge in [0.2, 0.25) is 0 Å². The first-order valence-electron chi connectivity index (χ1n) is 7.26. The molecule has 94 valence electrons. The number of hydrogen-bond donors (Lipinski definition) is 1. The molecule has 2 aliphatic carbocycles. The average Bonchev–Trinajstić information content (AvgIpc) is 2.27. The summed E-state index contributed by atoms with van der Waals surface area (Å²) in [6, 6.07) is 0.781. The van der Waals surface area contributed by atoms with Crippen molar-refractivity contribution in [3.8, 4) is 0 Å². The summed E-state index contributed by atoms with van der Waals surface area (Å²) in [4.78, 5) is 0. The second kappa shape index (κ2) is 7.29. The molecule has 0 bridgehead atoms. The normalized spacial score (nSPS) is 23.2. The Labute approximate surface area is 100 Å². The number of rotatable bonds is 7. The van der Waals surface area contributed by atoms with Crippen LogP contribution in [0.4, 0.5) is 0 Å². The van der Waals surface area contributed by atoms with Gasteiger partial charge in [0.15, 0.2) is 0 Å². The van der Waals surface area contributed by atoms with Gasteiger partial charge in [0, 0.05) is 19.2 Å². The molecule has 2 fully saturated rings. The molecule has 0 unspecified atom stereocenters. The first kappa shape index (κ1) is 12.4. The fourth-order valence-corrected chi connectivity index (χ4v) is 2.78. The van der Waals surface area contributed by atoms with E-state index in [1.807, 2.05) is 0 Å². The van der Waals surface area contributed by atoms with Crippen molar-refractivity contribution in [2.24, 2.45) is 5.92 Å². The molecule has 0 radical (unpaired) electrons. The molecule has 2 aliphatic rings. The minimum Gasteiger partial charge on any atom is -0.380 e. The maximum Gasteiger partial charge on any atom is 0.0591 e. The van der Waals surface area contributed by atoms with Crippen LogP contribution in [0.5, 0.6) is 0 Å². The van der Waals surface area contributed by atoms with Crippen molar-refractivity contribution in [2.75, 3.05) is 19.8 Å². The topological polar surface area (TPSA) is 21.3 Å². The van der Waals surface area contributed by atoms with Gasteiger partial charge in [-0.15, -0.1) is 0 Å². The van der Waals surface area contributed by atoms with Gasteiger partial charge >= 0.3 is 0 Å². The van der Waals surface area contributed by atoms with Crippen LogP contribution in [0.1, 0.15) is 57.8 Å². The quantitative estimate of drug-likeness (QED) is 0.672. The molecule has 16 heavy (non-hydrogen) atoms. The molecule has 0 aromatic carbocycles. The molecule has 0 amide bonds. The van der Waals surface area contributed by atoms with E-state index in [0.29, 0.717) is 0 Å². The predicted molar refractivity (Wildman–Crippen MR) is 67.7 cm³/mol. The van der Waals surface area contributed by atoms with Crippen molar-refractivity contribution >= 4 is 0 Å². The van der Waals surface area contributed by atoms with E-state index in [4.69, 9.17) is 4.74 Å². The van der Waals surface area contributed by atoms with Gasteiger partial charge in [-0.1, -0.05) is 38.5 Å². The van der Waals surface area contributed by atoms with E-state index in [0.717, 1.165) is 31.7 Å². The summed E-state index contributed by atoms with van der Waals surface area (Å²) in [5, 5.41) is 3.61. The van der Waals surface area contributed by atoms with Crippen molar-refractivity contribution in [1.29, 1.82) is 0 Å². The fourth-order valence-electron chi connectivity index (χ4n) is 2.78. The highest BCUT2D eigenvalue weighted by atomic mass is 16.5. The van der Waals surface area contributed by atoms with E-state index in [-0.39, 0.29) is 0 Å². The maximum absolute atomic E-state index is 5.67. The zero-order chi connectivity index (χ0) is 11.1. The van der Waals surface area contributed by atoms with E-state index in [9.17, 15) is 0 Å². The molecule has 0 saturated heterocycles. The van der Waals surface area contributed by atoms with Crippen LogP contribution < -0.4 is 5.32 Å². The smallest absolute Gasteiger partial charge is 0.0591 e. The highest BCUT2D eigenvalue weighted by Crippen LogP contribution is 2.29. The molecule has 0 aliphatic heterocycles. The van der Waals surface area contributed by atoms with Gasteiger partial charge in [-0.05, 0) is 25.2 Å². The Balaban J connectivity index is 1.36. The third-order valence-corrected chi connectivity index (χ3v) is 4.18. The molecule has 1 N–H and O–H groups in total. The predicted octanol–water partition coefficient (Wildman–Crippen LogP) is 3.12. The number of ether oxygens (including phenoxy) is 1. The lowest BCUT2D eigenvalue weighted by atomic mass is 9.83. The van der Waals surface area contributed by atoms with Crippen molar-refractivity contribution in [1.82, 2.24) is 5.32 Å². The van der Waals surface area contributed by atoms with Gasteiger partial charge in [0.05, 0.1) is 6.61 Å². The molecule has 2 heteroatoms. The number of nitrogens with one attached hydrogen (secondary N) is 1. The third kappa shape index (κ3) is 4.42. The lowest BCUT2D eigenvalue weighted by Crippen LogP contribution is -2.33. The van der Waals surface area contributed by atoms with Crippen molar-refractivity contribution in [3.05, 3.63) is 0 Å². The summed E-state index contributed by atoms with van der Waals surface area (Å²) in [6.45, 7) is 2.94. The summed E-state index contributed by atoms with van der Waals surface area (Å²) in [5.41, 5.74) is 0. The summed E-state index contributed by atoms with van der Waals surface area (Å²) < 4.78 is 5.67. The Morgan fingerprint density at radius 2 is 1.69 bits per heavy atom. The van der Waals surface area contributed by atoms with Crippen LogP contribution in [0.3, 0.4) is 0 Å². The molecule has 0 aromatic heterocycles. The van der Waals surface area contributed by atoms with Crippen LogP contribution in [-0.4, -0.2) is 25.8 Å². The van der Waals surface area contributed by atoms with Crippen LogP contribution in [0.15, 0.2) is 0 Å². The van der Waals surface area contributed by atoms with E-state index in [1.165, 1.54) is 57.8 Å². The van der Waals surface area contributed by atoms with Crippen LogP contribution in [0.2, 0.25) is 0 Å². The van der Waals surface area contributed by atoms with Crippen LogP contribution in [-0.2, 0) is 4.74 Å². The van der Waals surface area contributed by atoms with Gasteiger partial charge in [0.25, 0.3) is 0 Å². The molecule has 2 saturated carbocycles. The summed E-state index contributed by atoms with van der Waals surface area (Å²) in [6.07, 6.45) is 12.7. The average molecular weight is 225 g/mol. The van der Waals surface area contributed by atoms with Crippen molar-refractivity contribution in [2.45, 2.75) is 63.8 Å². The van der Waals surface area contributed by atoms with Crippen LogP contribution in [0.25, 0.3) is 0 Å². The standard InChI is InChI=1S/C14H27NO/c1-2-7-14(8-3-1)15-10-12-16-11-9-13-5-4-6-13/h13-15H,1-12H2. The largest absolute Gasteiger partial charge is 0.380 e. The summed E-state index contributed by atoms with van der Waals surface area (Å²) in [7, 11) is 0. The zero-order valence-electron chi connectivity index (χ0n) is 10.5. The minimum absolute atomic E-state index is 0.781.